The molecule has 0 aliphatic heterocycles. The highest BCUT2D eigenvalue weighted by atomic mass is 32.1. The van der Waals surface area contributed by atoms with Gasteiger partial charge in [0.25, 0.3) is 11.5 Å². The number of halogens is 1. The smallest absolute Gasteiger partial charge is 0.257 e. The van der Waals surface area contributed by atoms with Crippen LogP contribution in [0.25, 0.3) is 11.4 Å². The van der Waals surface area contributed by atoms with E-state index in [9.17, 15) is 14.0 Å². The number of hydrogen-bond acceptors (Lipinski definition) is 5. The van der Waals surface area contributed by atoms with Gasteiger partial charge in [0.15, 0.2) is 5.13 Å². The first-order valence-electron chi connectivity index (χ1n) is 9.54. The third-order valence-electron chi connectivity index (χ3n) is 4.89. The van der Waals surface area contributed by atoms with E-state index >= 15 is 0 Å². The Labute approximate surface area is 182 Å². The Morgan fingerprint density at radius 2 is 1.94 bits per heavy atom. The van der Waals surface area contributed by atoms with Gasteiger partial charge in [-0.3, -0.25) is 19.9 Å². The van der Waals surface area contributed by atoms with Gasteiger partial charge in [-0.15, -0.1) is 11.3 Å². The summed E-state index contributed by atoms with van der Waals surface area (Å²) in [5.74, 6) is -0.853. The molecule has 0 saturated carbocycles. The van der Waals surface area contributed by atoms with Crippen LogP contribution < -0.4 is 10.9 Å². The topological polar surface area (TPSA) is 76.9 Å². The second-order valence-electron chi connectivity index (χ2n) is 7.15. The first kappa shape index (κ1) is 20.6. The third-order valence-corrected chi connectivity index (χ3v) is 5.65. The van der Waals surface area contributed by atoms with Gasteiger partial charge >= 0.3 is 0 Å². The number of anilines is 1. The van der Waals surface area contributed by atoms with E-state index in [-0.39, 0.29) is 11.1 Å². The van der Waals surface area contributed by atoms with Crippen molar-refractivity contribution in [3.05, 3.63) is 98.7 Å². The molecule has 3 heterocycles. The number of benzene rings is 1. The Hall–Kier alpha value is -3.65. The Kier molecular flexibility index (Phi) is 5.73. The Bertz CT molecular complexity index is 1330. The number of amides is 1. The summed E-state index contributed by atoms with van der Waals surface area (Å²) in [5.41, 5.74) is 4.19. The van der Waals surface area contributed by atoms with Crippen molar-refractivity contribution < 1.29 is 9.18 Å². The quantitative estimate of drug-likeness (QED) is 0.504. The Morgan fingerprint density at radius 3 is 2.68 bits per heavy atom. The van der Waals surface area contributed by atoms with Crippen LogP contribution in [0, 0.1) is 19.7 Å². The van der Waals surface area contributed by atoms with E-state index in [0.717, 1.165) is 11.1 Å². The van der Waals surface area contributed by atoms with Crippen LogP contribution in [0.4, 0.5) is 9.52 Å². The summed E-state index contributed by atoms with van der Waals surface area (Å²) in [4.78, 5) is 33.4. The molecule has 8 heteroatoms. The molecule has 1 N–H and O–H groups in total. The summed E-state index contributed by atoms with van der Waals surface area (Å²) in [6, 6.07) is 11.5. The molecular weight excluding hydrogens is 415 g/mol. The Morgan fingerprint density at radius 1 is 1.10 bits per heavy atom. The van der Waals surface area contributed by atoms with Gasteiger partial charge in [-0.25, -0.2) is 9.37 Å². The normalized spacial score (nSPS) is 10.8. The van der Waals surface area contributed by atoms with Gasteiger partial charge < -0.3 is 4.57 Å². The van der Waals surface area contributed by atoms with Crippen LogP contribution in [-0.4, -0.2) is 20.4 Å². The lowest BCUT2D eigenvalue weighted by molar-refractivity contribution is 0.102. The van der Waals surface area contributed by atoms with Crippen LogP contribution in [0.15, 0.2) is 65.0 Å². The molecule has 0 bridgehead atoms. The zero-order valence-electron chi connectivity index (χ0n) is 16.9. The van der Waals surface area contributed by atoms with E-state index in [4.69, 9.17) is 0 Å². The van der Waals surface area contributed by atoms with Crippen molar-refractivity contribution in [1.29, 1.82) is 0 Å². The summed E-state index contributed by atoms with van der Waals surface area (Å²) in [7, 11) is 0. The van der Waals surface area contributed by atoms with E-state index in [0.29, 0.717) is 23.1 Å². The van der Waals surface area contributed by atoms with Gasteiger partial charge in [0.2, 0.25) is 0 Å². The zero-order valence-corrected chi connectivity index (χ0v) is 17.7. The average molecular weight is 434 g/mol. The molecule has 0 aliphatic rings. The number of nitrogens with zero attached hydrogens (tertiary/aromatic N) is 3. The molecule has 1 amide bonds. The number of nitrogens with one attached hydrogen (secondary N) is 1. The lowest BCUT2D eigenvalue weighted by Crippen LogP contribution is -2.22. The molecular formula is C23H19FN4O2S. The number of thiazole rings is 1. The molecule has 3 aromatic heterocycles. The van der Waals surface area contributed by atoms with Gasteiger partial charge in [-0.05, 0) is 42.7 Å². The van der Waals surface area contributed by atoms with Crippen LogP contribution in [0.2, 0.25) is 0 Å². The maximum atomic E-state index is 13.4. The first-order valence-corrected chi connectivity index (χ1v) is 10.4. The number of carbonyl (C=O) groups is 1. The van der Waals surface area contributed by atoms with Crippen molar-refractivity contribution in [2.75, 3.05) is 5.32 Å². The largest absolute Gasteiger partial charge is 0.311 e. The predicted molar refractivity (Wildman–Crippen MR) is 119 cm³/mol. The maximum Gasteiger partial charge on any atom is 0.257 e. The lowest BCUT2D eigenvalue weighted by Gasteiger charge is -2.09. The first-order chi connectivity index (χ1) is 14.9. The standard InChI is InChI=1S/C23H19FN4O2S/c1-14-3-4-16(9-15(14)2)12-28-8-6-17(10-21(28)29)22(30)27-23-26-20(13-31-23)19-11-18(24)5-7-25-19/h3-11,13H,12H2,1-2H3,(H,26,27,30). The highest BCUT2D eigenvalue weighted by molar-refractivity contribution is 7.14. The summed E-state index contributed by atoms with van der Waals surface area (Å²) in [5, 5.41) is 4.69. The molecule has 0 aliphatic carbocycles. The molecule has 0 unspecified atom stereocenters. The van der Waals surface area contributed by atoms with E-state index in [1.807, 2.05) is 26.0 Å². The van der Waals surface area contributed by atoms with Crippen molar-refractivity contribution >= 4 is 22.4 Å². The maximum absolute atomic E-state index is 13.4. The minimum Gasteiger partial charge on any atom is -0.311 e. The fourth-order valence-corrected chi connectivity index (χ4v) is 3.74. The molecule has 4 aromatic rings. The van der Waals surface area contributed by atoms with Gasteiger partial charge in [0.05, 0.1) is 12.2 Å². The molecule has 0 radical (unpaired) electrons. The average Bonchev–Trinajstić information content (AvgIpc) is 3.20. The molecule has 4 rings (SSSR count). The number of carbonyl (C=O) groups excluding carboxylic acids is 1. The summed E-state index contributed by atoms with van der Waals surface area (Å²) >= 11 is 1.20. The van der Waals surface area contributed by atoms with Crippen molar-refractivity contribution in [2.24, 2.45) is 0 Å². The van der Waals surface area contributed by atoms with Crippen molar-refractivity contribution in [1.82, 2.24) is 14.5 Å². The highest BCUT2D eigenvalue weighted by Crippen LogP contribution is 2.24. The molecule has 0 fully saturated rings. The minimum absolute atomic E-state index is 0.238. The van der Waals surface area contributed by atoms with Crippen molar-refractivity contribution in [3.63, 3.8) is 0 Å². The SMILES string of the molecule is Cc1ccc(Cn2ccc(C(=O)Nc3nc(-c4cc(F)ccn4)cs3)cc2=O)cc1C. The molecule has 0 atom stereocenters. The number of aromatic nitrogens is 3. The van der Waals surface area contributed by atoms with Gasteiger partial charge in [0.1, 0.15) is 11.5 Å². The predicted octanol–water partition coefficient (Wildman–Crippen LogP) is 4.42. The van der Waals surface area contributed by atoms with Gasteiger partial charge in [-0.1, -0.05) is 18.2 Å². The summed E-state index contributed by atoms with van der Waals surface area (Å²) in [6.07, 6.45) is 2.96. The fourth-order valence-electron chi connectivity index (χ4n) is 3.04. The van der Waals surface area contributed by atoms with E-state index in [1.165, 1.54) is 41.3 Å². The highest BCUT2D eigenvalue weighted by Gasteiger charge is 2.12. The molecule has 156 valence electrons. The number of aryl methyl sites for hydroxylation is 2. The molecule has 1 aromatic carbocycles. The fraction of sp³-hybridized carbons (Fsp3) is 0.130. The monoisotopic (exact) mass is 434 g/mol. The number of pyridine rings is 2. The van der Waals surface area contributed by atoms with Crippen LogP contribution in [-0.2, 0) is 6.54 Å². The van der Waals surface area contributed by atoms with Gasteiger partial charge in [0, 0.05) is 35.5 Å². The second-order valence-corrected chi connectivity index (χ2v) is 8.01. The molecule has 0 saturated heterocycles. The number of rotatable bonds is 5. The summed E-state index contributed by atoms with van der Waals surface area (Å²) in [6.45, 7) is 4.50. The zero-order chi connectivity index (χ0) is 22.0. The lowest BCUT2D eigenvalue weighted by atomic mass is 10.1. The minimum atomic E-state index is -0.441. The van der Waals surface area contributed by atoms with Crippen molar-refractivity contribution in [3.8, 4) is 11.4 Å². The van der Waals surface area contributed by atoms with E-state index in [1.54, 1.807) is 22.2 Å². The van der Waals surface area contributed by atoms with Crippen LogP contribution >= 0.6 is 11.3 Å². The molecule has 0 spiro atoms. The Balaban J connectivity index is 1.47. The molecule has 31 heavy (non-hydrogen) atoms. The van der Waals surface area contributed by atoms with E-state index in [2.05, 4.69) is 21.4 Å². The van der Waals surface area contributed by atoms with Crippen LogP contribution in [0.5, 0.6) is 0 Å². The van der Waals surface area contributed by atoms with Crippen molar-refractivity contribution in [2.45, 2.75) is 20.4 Å². The third kappa shape index (κ3) is 4.75. The van der Waals surface area contributed by atoms with Crippen LogP contribution in [0.1, 0.15) is 27.0 Å². The number of hydrogen-bond donors (Lipinski definition) is 1. The second kappa shape index (κ2) is 8.61. The molecule has 6 nitrogen and oxygen atoms in total. The van der Waals surface area contributed by atoms with Gasteiger partial charge in [-0.2, -0.15) is 0 Å². The van der Waals surface area contributed by atoms with Crippen LogP contribution in [0.3, 0.4) is 0 Å². The van der Waals surface area contributed by atoms with E-state index < -0.39 is 11.7 Å². The summed E-state index contributed by atoms with van der Waals surface area (Å²) < 4.78 is 14.9.